The van der Waals surface area contributed by atoms with Gasteiger partial charge in [0, 0.05) is 18.7 Å². The maximum Gasteiger partial charge on any atom is 0.308 e. The van der Waals surface area contributed by atoms with Crippen molar-refractivity contribution in [2.75, 3.05) is 20.2 Å². The summed E-state index contributed by atoms with van der Waals surface area (Å²) in [5.41, 5.74) is 2.55. The minimum atomic E-state index is -0.850. The van der Waals surface area contributed by atoms with Crippen LogP contribution in [0.4, 0.5) is 0 Å². The SMILES string of the molecule is COC(=O)C[C@H]1C(=O)NCCN1C(=O)c1ccc(-c2ccccc2)cc1. The number of hydrogen-bond acceptors (Lipinski definition) is 4. The topological polar surface area (TPSA) is 75.7 Å². The molecule has 1 fully saturated rings. The Labute approximate surface area is 151 Å². The minimum absolute atomic E-state index is 0.157. The van der Waals surface area contributed by atoms with Crippen LogP contribution in [0.25, 0.3) is 11.1 Å². The summed E-state index contributed by atoms with van der Waals surface area (Å²) in [6.07, 6.45) is -0.157. The third-order valence-electron chi connectivity index (χ3n) is 4.42. The summed E-state index contributed by atoms with van der Waals surface area (Å²) in [6, 6.07) is 16.2. The second kappa shape index (κ2) is 7.82. The number of rotatable bonds is 4. The van der Waals surface area contributed by atoms with Crippen molar-refractivity contribution in [2.45, 2.75) is 12.5 Å². The van der Waals surface area contributed by atoms with E-state index in [1.807, 2.05) is 42.5 Å². The van der Waals surface area contributed by atoms with Crippen LogP contribution in [0.15, 0.2) is 54.6 Å². The lowest BCUT2D eigenvalue weighted by Crippen LogP contribution is -2.57. The van der Waals surface area contributed by atoms with E-state index in [0.29, 0.717) is 18.7 Å². The monoisotopic (exact) mass is 352 g/mol. The first-order valence-corrected chi connectivity index (χ1v) is 8.41. The van der Waals surface area contributed by atoms with E-state index >= 15 is 0 Å². The molecule has 0 aliphatic carbocycles. The van der Waals surface area contributed by atoms with Gasteiger partial charge in [-0.3, -0.25) is 14.4 Å². The Balaban J connectivity index is 1.80. The highest BCUT2D eigenvalue weighted by Gasteiger charge is 2.35. The van der Waals surface area contributed by atoms with Gasteiger partial charge in [-0.15, -0.1) is 0 Å². The highest BCUT2D eigenvalue weighted by molar-refractivity contribution is 5.99. The van der Waals surface area contributed by atoms with Crippen LogP contribution in [0, 0.1) is 0 Å². The van der Waals surface area contributed by atoms with Gasteiger partial charge in [0.1, 0.15) is 6.04 Å². The fraction of sp³-hybridized carbons (Fsp3) is 0.250. The van der Waals surface area contributed by atoms with Crippen molar-refractivity contribution < 1.29 is 19.1 Å². The zero-order valence-corrected chi connectivity index (χ0v) is 14.5. The molecule has 1 saturated heterocycles. The summed E-state index contributed by atoms with van der Waals surface area (Å²) in [5.74, 6) is -1.13. The quantitative estimate of drug-likeness (QED) is 0.852. The van der Waals surface area contributed by atoms with Crippen LogP contribution in [0.5, 0.6) is 0 Å². The van der Waals surface area contributed by atoms with Crippen molar-refractivity contribution in [1.29, 1.82) is 0 Å². The molecular formula is C20H20N2O4. The summed E-state index contributed by atoms with van der Waals surface area (Å²) in [6.45, 7) is 0.719. The summed E-state index contributed by atoms with van der Waals surface area (Å²) >= 11 is 0. The molecule has 0 radical (unpaired) electrons. The van der Waals surface area contributed by atoms with Gasteiger partial charge in [-0.2, -0.15) is 0 Å². The van der Waals surface area contributed by atoms with Crippen LogP contribution in [-0.4, -0.2) is 48.9 Å². The van der Waals surface area contributed by atoms with Crippen LogP contribution < -0.4 is 5.32 Å². The summed E-state index contributed by atoms with van der Waals surface area (Å²) in [5, 5.41) is 2.69. The van der Waals surface area contributed by atoms with E-state index in [9.17, 15) is 14.4 Å². The molecule has 0 bridgehead atoms. The molecule has 3 rings (SSSR count). The number of hydrogen-bond donors (Lipinski definition) is 1. The molecule has 1 atom stereocenters. The van der Waals surface area contributed by atoms with E-state index < -0.39 is 12.0 Å². The summed E-state index contributed by atoms with van der Waals surface area (Å²) in [4.78, 5) is 38.0. The van der Waals surface area contributed by atoms with E-state index in [-0.39, 0.29) is 18.2 Å². The molecule has 2 amide bonds. The third-order valence-corrected chi connectivity index (χ3v) is 4.42. The molecule has 2 aromatic carbocycles. The molecule has 0 saturated carbocycles. The molecule has 1 N–H and O–H groups in total. The first-order valence-electron chi connectivity index (χ1n) is 8.41. The predicted molar refractivity (Wildman–Crippen MR) is 96.3 cm³/mol. The number of carbonyl (C=O) groups is 3. The van der Waals surface area contributed by atoms with Crippen molar-refractivity contribution in [2.24, 2.45) is 0 Å². The zero-order valence-electron chi connectivity index (χ0n) is 14.5. The number of piperazine rings is 1. The Morgan fingerprint density at radius 3 is 2.38 bits per heavy atom. The van der Waals surface area contributed by atoms with Gasteiger partial charge < -0.3 is 15.0 Å². The first kappa shape index (κ1) is 17.7. The number of amides is 2. The smallest absolute Gasteiger partial charge is 0.308 e. The number of benzene rings is 2. The second-order valence-electron chi connectivity index (χ2n) is 6.03. The number of nitrogens with zero attached hydrogens (tertiary/aromatic N) is 1. The number of carbonyl (C=O) groups excluding carboxylic acids is 3. The molecule has 1 aliphatic heterocycles. The largest absolute Gasteiger partial charge is 0.469 e. The molecular weight excluding hydrogens is 332 g/mol. The Kier molecular flexibility index (Phi) is 5.31. The van der Waals surface area contributed by atoms with Crippen molar-refractivity contribution in [3.8, 4) is 11.1 Å². The van der Waals surface area contributed by atoms with Crippen molar-refractivity contribution in [3.63, 3.8) is 0 Å². The molecule has 0 aromatic heterocycles. The maximum atomic E-state index is 12.9. The Morgan fingerprint density at radius 1 is 1.08 bits per heavy atom. The number of methoxy groups -OCH3 is 1. The van der Waals surface area contributed by atoms with Gasteiger partial charge in [0.25, 0.3) is 5.91 Å². The minimum Gasteiger partial charge on any atom is -0.469 e. The van der Waals surface area contributed by atoms with E-state index in [1.54, 1.807) is 12.1 Å². The van der Waals surface area contributed by atoms with E-state index in [0.717, 1.165) is 11.1 Å². The standard InChI is InChI=1S/C20H20N2O4/c1-26-18(23)13-17-19(24)21-11-12-22(17)20(25)16-9-7-15(8-10-16)14-5-3-2-4-6-14/h2-10,17H,11-13H2,1H3,(H,21,24)/t17-/m0/s1. The molecule has 1 aliphatic rings. The number of esters is 1. The van der Waals surface area contributed by atoms with E-state index in [2.05, 4.69) is 10.1 Å². The average Bonchev–Trinajstić information content (AvgIpc) is 2.69. The lowest BCUT2D eigenvalue weighted by molar-refractivity contribution is -0.145. The second-order valence-corrected chi connectivity index (χ2v) is 6.03. The number of nitrogens with one attached hydrogen (secondary N) is 1. The maximum absolute atomic E-state index is 12.9. The fourth-order valence-corrected chi connectivity index (χ4v) is 3.00. The van der Waals surface area contributed by atoms with Gasteiger partial charge in [-0.25, -0.2) is 0 Å². The molecule has 26 heavy (non-hydrogen) atoms. The van der Waals surface area contributed by atoms with Gasteiger partial charge in [0.05, 0.1) is 13.5 Å². The summed E-state index contributed by atoms with van der Waals surface area (Å²) < 4.78 is 4.64. The van der Waals surface area contributed by atoms with Crippen LogP contribution in [-0.2, 0) is 14.3 Å². The van der Waals surface area contributed by atoms with Gasteiger partial charge in [0.2, 0.25) is 5.91 Å². The molecule has 1 heterocycles. The lowest BCUT2D eigenvalue weighted by atomic mass is 10.0. The van der Waals surface area contributed by atoms with Crippen molar-refractivity contribution in [3.05, 3.63) is 60.2 Å². The third kappa shape index (κ3) is 3.74. The van der Waals surface area contributed by atoms with Crippen LogP contribution in [0.3, 0.4) is 0 Å². The Hall–Kier alpha value is -3.15. The molecule has 6 nitrogen and oxygen atoms in total. The fourth-order valence-electron chi connectivity index (χ4n) is 3.00. The average molecular weight is 352 g/mol. The summed E-state index contributed by atoms with van der Waals surface area (Å²) in [7, 11) is 1.26. The molecule has 0 spiro atoms. The van der Waals surface area contributed by atoms with E-state index in [1.165, 1.54) is 12.0 Å². The Morgan fingerprint density at radius 2 is 1.73 bits per heavy atom. The Bertz CT molecular complexity index is 802. The molecule has 6 heteroatoms. The van der Waals surface area contributed by atoms with Crippen LogP contribution in [0.2, 0.25) is 0 Å². The molecule has 0 unspecified atom stereocenters. The predicted octanol–water partition coefficient (Wildman–Crippen LogP) is 1.86. The molecule has 134 valence electrons. The zero-order chi connectivity index (χ0) is 18.5. The van der Waals surface area contributed by atoms with Crippen LogP contribution in [0.1, 0.15) is 16.8 Å². The highest BCUT2D eigenvalue weighted by atomic mass is 16.5. The van der Waals surface area contributed by atoms with Crippen molar-refractivity contribution >= 4 is 17.8 Å². The van der Waals surface area contributed by atoms with Crippen molar-refractivity contribution in [1.82, 2.24) is 10.2 Å². The first-order chi connectivity index (χ1) is 12.6. The normalized spacial score (nSPS) is 16.7. The van der Waals surface area contributed by atoms with Gasteiger partial charge in [0.15, 0.2) is 0 Å². The number of ether oxygens (including phenoxy) is 1. The van der Waals surface area contributed by atoms with Gasteiger partial charge in [-0.1, -0.05) is 42.5 Å². The lowest BCUT2D eigenvalue weighted by Gasteiger charge is -2.34. The van der Waals surface area contributed by atoms with Gasteiger partial charge >= 0.3 is 5.97 Å². The highest BCUT2D eigenvalue weighted by Crippen LogP contribution is 2.21. The van der Waals surface area contributed by atoms with E-state index in [4.69, 9.17) is 0 Å². The van der Waals surface area contributed by atoms with Crippen LogP contribution >= 0.6 is 0 Å². The molecule has 2 aromatic rings. The van der Waals surface area contributed by atoms with Gasteiger partial charge in [-0.05, 0) is 23.3 Å².